The Morgan fingerprint density at radius 3 is 3.00 bits per heavy atom. The molecule has 5 rings (SSSR count). The second-order valence-electron chi connectivity index (χ2n) is 8.82. The van der Waals surface area contributed by atoms with Gasteiger partial charge in [0.25, 0.3) is 0 Å². The Labute approximate surface area is 185 Å². The van der Waals surface area contributed by atoms with E-state index in [0.717, 1.165) is 54.6 Å². The number of H-pyrrole nitrogens is 1. The highest BCUT2D eigenvalue weighted by Crippen LogP contribution is 2.38. The lowest BCUT2D eigenvalue weighted by atomic mass is 9.82. The van der Waals surface area contributed by atoms with E-state index in [-0.39, 0.29) is 11.6 Å². The van der Waals surface area contributed by atoms with Crippen LogP contribution in [0.5, 0.6) is 0 Å². The molecule has 3 aromatic rings. The molecule has 2 atom stereocenters. The van der Waals surface area contributed by atoms with Gasteiger partial charge in [-0.25, -0.2) is 14.8 Å². The van der Waals surface area contributed by atoms with Crippen LogP contribution >= 0.6 is 0 Å². The third kappa shape index (κ3) is 3.29. The van der Waals surface area contributed by atoms with Crippen LogP contribution in [0, 0.1) is 11.3 Å². The van der Waals surface area contributed by atoms with E-state index in [0.29, 0.717) is 19.0 Å². The van der Waals surface area contributed by atoms with E-state index in [1.165, 1.54) is 6.33 Å². The van der Waals surface area contributed by atoms with Crippen LogP contribution in [0.2, 0.25) is 0 Å². The third-order valence-electron chi connectivity index (χ3n) is 7.02. The van der Waals surface area contributed by atoms with Gasteiger partial charge in [-0.15, -0.1) is 0 Å². The van der Waals surface area contributed by atoms with E-state index < -0.39 is 6.09 Å². The summed E-state index contributed by atoms with van der Waals surface area (Å²) < 4.78 is 1.92. The summed E-state index contributed by atoms with van der Waals surface area (Å²) in [7, 11) is 0. The largest absolute Gasteiger partial charge is 0.465 e. The van der Waals surface area contributed by atoms with Crippen LogP contribution in [0.25, 0.3) is 22.3 Å². The highest BCUT2D eigenvalue weighted by atomic mass is 16.4. The summed E-state index contributed by atoms with van der Waals surface area (Å²) in [6, 6.07) is 4.68. The molecule has 10 nitrogen and oxygen atoms in total. The molecule has 0 aliphatic carbocycles. The number of rotatable bonds is 5. The summed E-state index contributed by atoms with van der Waals surface area (Å²) in [5, 5.41) is 24.5. The van der Waals surface area contributed by atoms with Crippen LogP contribution in [0.1, 0.15) is 32.6 Å². The first-order chi connectivity index (χ1) is 15.5. The Morgan fingerprint density at radius 1 is 1.41 bits per heavy atom. The van der Waals surface area contributed by atoms with Gasteiger partial charge < -0.3 is 15.0 Å². The van der Waals surface area contributed by atoms with E-state index >= 15 is 0 Å². The van der Waals surface area contributed by atoms with Crippen LogP contribution in [-0.4, -0.2) is 77.4 Å². The third-order valence-corrected chi connectivity index (χ3v) is 7.02. The highest BCUT2D eigenvalue weighted by Gasteiger charge is 2.49. The molecule has 10 heteroatoms. The van der Waals surface area contributed by atoms with E-state index in [1.807, 2.05) is 30.1 Å². The topological polar surface area (TPSA) is 127 Å². The molecule has 0 saturated carbocycles. The van der Waals surface area contributed by atoms with Crippen LogP contribution in [0.15, 0.2) is 31.0 Å². The molecule has 3 aromatic heterocycles. The number of hydrogen-bond acceptors (Lipinski definition) is 6. The number of hydrogen-bond donors (Lipinski definition) is 2. The minimum atomic E-state index is -0.831. The van der Waals surface area contributed by atoms with Gasteiger partial charge in [0.05, 0.1) is 24.4 Å². The lowest BCUT2D eigenvalue weighted by molar-refractivity contribution is -0.0502. The Balaban J connectivity index is 1.34. The Kier molecular flexibility index (Phi) is 5.06. The smallest absolute Gasteiger partial charge is 0.407 e. The van der Waals surface area contributed by atoms with Crippen LogP contribution in [0.4, 0.5) is 4.79 Å². The van der Waals surface area contributed by atoms with Gasteiger partial charge >= 0.3 is 6.09 Å². The van der Waals surface area contributed by atoms with Crippen molar-refractivity contribution in [3.8, 4) is 17.3 Å². The summed E-state index contributed by atoms with van der Waals surface area (Å²) >= 11 is 0. The first kappa shape index (κ1) is 20.5. The minimum absolute atomic E-state index is 0.0510. The summed E-state index contributed by atoms with van der Waals surface area (Å²) in [4.78, 5) is 27.2. The van der Waals surface area contributed by atoms with E-state index in [2.05, 4.69) is 31.0 Å². The minimum Gasteiger partial charge on any atom is -0.465 e. The number of likely N-dealkylation sites (tertiary alicyclic amines) is 2. The lowest BCUT2D eigenvalue weighted by Crippen LogP contribution is -2.67. The van der Waals surface area contributed by atoms with Gasteiger partial charge in [-0.2, -0.15) is 10.4 Å². The van der Waals surface area contributed by atoms with Crippen molar-refractivity contribution < 1.29 is 9.90 Å². The van der Waals surface area contributed by atoms with Gasteiger partial charge in [0, 0.05) is 55.1 Å². The summed E-state index contributed by atoms with van der Waals surface area (Å²) in [5.74, 6) is 0. The predicted molar refractivity (Wildman–Crippen MR) is 117 cm³/mol. The zero-order chi connectivity index (χ0) is 22.3. The van der Waals surface area contributed by atoms with Gasteiger partial charge in [0.1, 0.15) is 17.5 Å². The number of amides is 1. The number of piperidine rings is 1. The van der Waals surface area contributed by atoms with Gasteiger partial charge in [0.15, 0.2) is 0 Å². The molecule has 32 heavy (non-hydrogen) atoms. The summed E-state index contributed by atoms with van der Waals surface area (Å²) in [6.45, 7) is 4.07. The first-order valence-corrected chi connectivity index (χ1v) is 11.0. The molecular formula is C22H26N8O2. The maximum atomic E-state index is 11.5. The van der Waals surface area contributed by atoms with Gasteiger partial charge in [-0.05, 0) is 25.3 Å². The maximum Gasteiger partial charge on any atom is 0.407 e. The van der Waals surface area contributed by atoms with Gasteiger partial charge in [-0.1, -0.05) is 6.92 Å². The zero-order valence-electron chi connectivity index (χ0n) is 18.0. The van der Waals surface area contributed by atoms with Crippen molar-refractivity contribution in [2.45, 2.75) is 50.2 Å². The Bertz CT molecular complexity index is 1170. The molecule has 2 unspecified atom stereocenters. The van der Waals surface area contributed by atoms with Crippen molar-refractivity contribution in [1.29, 1.82) is 5.26 Å². The highest BCUT2D eigenvalue weighted by molar-refractivity contribution is 5.90. The molecule has 2 aliphatic rings. The molecule has 2 aliphatic heterocycles. The van der Waals surface area contributed by atoms with Gasteiger partial charge in [0.2, 0.25) is 0 Å². The van der Waals surface area contributed by atoms with Crippen LogP contribution < -0.4 is 0 Å². The van der Waals surface area contributed by atoms with Crippen LogP contribution in [-0.2, 0) is 5.54 Å². The number of nitrogens with one attached hydrogen (secondary N) is 1. The number of nitriles is 1. The number of fused-ring (bicyclic) bond motifs is 1. The van der Waals surface area contributed by atoms with Crippen LogP contribution in [0.3, 0.4) is 0 Å². The van der Waals surface area contributed by atoms with E-state index in [4.69, 9.17) is 0 Å². The van der Waals surface area contributed by atoms with Crippen molar-refractivity contribution in [2.24, 2.45) is 0 Å². The lowest BCUT2D eigenvalue weighted by Gasteiger charge is -2.54. The Morgan fingerprint density at radius 2 is 2.25 bits per heavy atom. The number of aromatic nitrogens is 5. The van der Waals surface area contributed by atoms with Crippen molar-refractivity contribution in [2.75, 3.05) is 19.6 Å². The zero-order valence-corrected chi connectivity index (χ0v) is 18.0. The Hall–Kier alpha value is -3.45. The molecule has 2 N–H and O–H groups in total. The second kappa shape index (κ2) is 7.91. The van der Waals surface area contributed by atoms with Crippen molar-refractivity contribution in [1.82, 2.24) is 34.5 Å². The standard InChI is InChI=1S/C22H26N8O2/c1-2-16-9-17(4-8-29(16)21(31)32)28-12-22(13-28,5-6-23)30-11-15(10-27-30)19-18-3-7-24-20(18)26-14-25-19/h3,7,10-11,14,16-17H,2,4-5,8-9,12-13H2,1H3,(H,31,32)(H,24,25,26). The molecule has 166 valence electrons. The SMILES string of the molecule is CCC1CC(N2CC(CC#N)(n3cc(-c4ncnc5[nH]ccc45)cn3)C2)CCN1C(=O)O. The molecule has 0 aromatic carbocycles. The number of carboxylic acid groups (broad SMARTS) is 1. The monoisotopic (exact) mass is 434 g/mol. The predicted octanol–water partition coefficient (Wildman–Crippen LogP) is 2.67. The molecule has 2 saturated heterocycles. The molecule has 5 heterocycles. The first-order valence-electron chi connectivity index (χ1n) is 11.0. The van der Waals surface area contributed by atoms with E-state index in [9.17, 15) is 15.2 Å². The molecule has 1 amide bonds. The van der Waals surface area contributed by atoms with Gasteiger partial charge in [-0.3, -0.25) is 9.58 Å². The average molecular weight is 435 g/mol. The second-order valence-corrected chi connectivity index (χ2v) is 8.82. The molecule has 0 bridgehead atoms. The fourth-order valence-electron chi connectivity index (χ4n) is 5.26. The fraction of sp³-hybridized carbons (Fsp3) is 0.500. The summed E-state index contributed by atoms with van der Waals surface area (Å²) in [6.07, 6.45) is 9.17. The molecule has 0 radical (unpaired) electrons. The van der Waals surface area contributed by atoms with Crippen molar-refractivity contribution in [3.63, 3.8) is 0 Å². The maximum absolute atomic E-state index is 11.5. The number of carbonyl (C=O) groups is 1. The summed E-state index contributed by atoms with van der Waals surface area (Å²) in [5.41, 5.74) is 2.12. The van der Waals surface area contributed by atoms with Crippen molar-refractivity contribution in [3.05, 3.63) is 31.0 Å². The average Bonchev–Trinajstić information content (AvgIpc) is 3.45. The fourth-order valence-corrected chi connectivity index (χ4v) is 5.26. The van der Waals surface area contributed by atoms with Crippen molar-refractivity contribution >= 4 is 17.1 Å². The normalized spacial score (nSPS) is 23.1. The number of nitrogens with zero attached hydrogens (tertiary/aromatic N) is 7. The molecular weight excluding hydrogens is 408 g/mol. The molecule has 2 fully saturated rings. The number of aromatic amines is 1. The molecule has 0 spiro atoms. The van der Waals surface area contributed by atoms with E-state index in [1.54, 1.807) is 11.1 Å². The quantitative estimate of drug-likeness (QED) is 0.632.